The number of methoxy groups -OCH3 is 1. The summed E-state index contributed by atoms with van der Waals surface area (Å²) >= 11 is 1.05. The molecule has 1 aromatic carbocycles. The minimum absolute atomic E-state index is 0.0630. The Kier molecular flexibility index (Phi) is 3.98. The summed E-state index contributed by atoms with van der Waals surface area (Å²) in [6, 6.07) is 6.41. The van der Waals surface area contributed by atoms with Crippen molar-refractivity contribution in [3.05, 3.63) is 35.9 Å². The van der Waals surface area contributed by atoms with E-state index < -0.39 is 11.7 Å². The van der Waals surface area contributed by atoms with Gasteiger partial charge < -0.3 is 4.74 Å². The fourth-order valence-electron chi connectivity index (χ4n) is 1.81. The smallest absolute Gasteiger partial charge is 0.314 e. The molecule has 0 aliphatic heterocycles. The van der Waals surface area contributed by atoms with E-state index in [4.69, 9.17) is 4.74 Å². The lowest BCUT2D eigenvalue weighted by atomic mass is 10.2. The van der Waals surface area contributed by atoms with Gasteiger partial charge in [-0.3, -0.25) is 10.1 Å². The molecule has 10 heteroatoms. The Labute approximate surface area is 134 Å². The molecule has 1 N–H and O–H groups in total. The van der Waals surface area contributed by atoms with Crippen LogP contribution in [-0.4, -0.2) is 38.0 Å². The second-order valence-corrected chi connectivity index (χ2v) is 5.37. The minimum Gasteiger partial charge on any atom is -0.467 e. The second-order valence-electron chi connectivity index (χ2n) is 4.39. The fraction of sp³-hybridized carbons (Fsp3) is 0.154. The Bertz CT molecular complexity index is 862. The van der Waals surface area contributed by atoms with Crippen LogP contribution in [0.1, 0.15) is 10.6 Å². The molecule has 118 valence electrons. The van der Waals surface area contributed by atoms with E-state index in [0.29, 0.717) is 10.6 Å². The van der Waals surface area contributed by atoms with E-state index in [2.05, 4.69) is 25.6 Å². The third-order valence-electron chi connectivity index (χ3n) is 2.86. The van der Waals surface area contributed by atoms with E-state index in [0.717, 1.165) is 11.3 Å². The number of rotatable bonds is 4. The average molecular weight is 334 g/mol. The number of aryl methyl sites for hydroxylation is 1. The average Bonchev–Trinajstić information content (AvgIpc) is 3.14. The van der Waals surface area contributed by atoms with Gasteiger partial charge in [0.2, 0.25) is 11.0 Å². The van der Waals surface area contributed by atoms with E-state index in [1.54, 1.807) is 25.2 Å². The van der Waals surface area contributed by atoms with E-state index in [1.165, 1.54) is 17.9 Å². The van der Waals surface area contributed by atoms with Gasteiger partial charge in [-0.15, -0.1) is 15.3 Å². The number of amides is 1. The highest BCUT2D eigenvalue weighted by molar-refractivity contribution is 7.18. The fourth-order valence-corrected chi connectivity index (χ4v) is 2.58. The highest BCUT2D eigenvalue weighted by Crippen LogP contribution is 2.28. The molecule has 0 fully saturated rings. The number of hydrogen-bond acceptors (Lipinski definition) is 7. The van der Waals surface area contributed by atoms with E-state index in [9.17, 15) is 9.18 Å². The first-order chi connectivity index (χ1) is 11.1. The summed E-state index contributed by atoms with van der Waals surface area (Å²) in [6.07, 6.45) is 0. The van der Waals surface area contributed by atoms with Gasteiger partial charge in [-0.25, -0.2) is 9.07 Å². The third-order valence-corrected chi connectivity index (χ3v) is 3.73. The van der Waals surface area contributed by atoms with Gasteiger partial charge in [0.25, 0.3) is 5.91 Å². The van der Waals surface area contributed by atoms with Gasteiger partial charge in [0.15, 0.2) is 5.01 Å². The lowest BCUT2D eigenvalue weighted by molar-refractivity contribution is 0.101. The van der Waals surface area contributed by atoms with Gasteiger partial charge in [-0.1, -0.05) is 23.5 Å². The van der Waals surface area contributed by atoms with Crippen LogP contribution < -0.4 is 10.1 Å². The van der Waals surface area contributed by atoms with Gasteiger partial charge in [0, 0.05) is 12.6 Å². The summed E-state index contributed by atoms with van der Waals surface area (Å²) in [5.41, 5.74) is 0.322. The number of carbonyl (C=O) groups is 1. The zero-order valence-electron chi connectivity index (χ0n) is 12.1. The molecule has 2 aromatic heterocycles. The lowest BCUT2D eigenvalue weighted by Gasteiger charge is -1.96. The summed E-state index contributed by atoms with van der Waals surface area (Å²) in [5.74, 6) is -1.02. The normalized spacial score (nSPS) is 10.6. The summed E-state index contributed by atoms with van der Waals surface area (Å²) in [6.45, 7) is 0. The first kappa shape index (κ1) is 15.0. The maximum atomic E-state index is 13.7. The number of ether oxygens (including phenoxy) is 1. The van der Waals surface area contributed by atoms with Gasteiger partial charge in [0.05, 0.1) is 7.11 Å². The minimum atomic E-state index is -0.555. The zero-order valence-corrected chi connectivity index (χ0v) is 13.0. The number of nitrogens with zero attached hydrogens (tertiary/aromatic N) is 5. The Morgan fingerprint density at radius 3 is 2.83 bits per heavy atom. The summed E-state index contributed by atoms with van der Waals surface area (Å²) in [7, 11) is 3.03. The topological polar surface area (TPSA) is 94.8 Å². The Hall–Kier alpha value is -2.88. The number of nitrogens with one attached hydrogen (secondary N) is 1. The SMILES string of the molecule is COc1nc(C(=O)Nc2nnc(-c3ccccc3F)s2)nn1C. The molecule has 3 aromatic rings. The largest absolute Gasteiger partial charge is 0.467 e. The van der Waals surface area contributed by atoms with Crippen molar-refractivity contribution in [2.45, 2.75) is 0 Å². The molecule has 0 saturated carbocycles. The number of aromatic nitrogens is 5. The van der Waals surface area contributed by atoms with Crippen LogP contribution in [0.2, 0.25) is 0 Å². The van der Waals surface area contributed by atoms with E-state index in [-0.39, 0.29) is 17.0 Å². The van der Waals surface area contributed by atoms with Crippen molar-refractivity contribution < 1.29 is 13.9 Å². The van der Waals surface area contributed by atoms with Crippen LogP contribution in [0.25, 0.3) is 10.6 Å². The van der Waals surface area contributed by atoms with Crippen LogP contribution in [0.3, 0.4) is 0 Å². The summed E-state index contributed by atoms with van der Waals surface area (Å²) in [5, 5.41) is 14.7. The van der Waals surface area contributed by atoms with Crippen LogP contribution in [0, 0.1) is 5.82 Å². The van der Waals surface area contributed by atoms with Gasteiger partial charge >= 0.3 is 6.01 Å². The number of carbonyl (C=O) groups excluding carboxylic acids is 1. The van der Waals surface area contributed by atoms with Gasteiger partial charge in [-0.2, -0.15) is 4.98 Å². The highest BCUT2D eigenvalue weighted by Gasteiger charge is 2.18. The van der Waals surface area contributed by atoms with Crippen LogP contribution >= 0.6 is 11.3 Å². The number of anilines is 1. The van der Waals surface area contributed by atoms with Crippen molar-refractivity contribution in [1.29, 1.82) is 0 Å². The molecule has 1 amide bonds. The first-order valence-electron chi connectivity index (χ1n) is 6.43. The summed E-state index contributed by atoms with van der Waals surface area (Å²) < 4.78 is 20.0. The number of hydrogen-bond donors (Lipinski definition) is 1. The molecule has 0 bridgehead atoms. The maximum absolute atomic E-state index is 13.7. The monoisotopic (exact) mass is 334 g/mol. The third kappa shape index (κ3) is 3.01. The van der Waals surface area contributed by atoms with Crippen LogP contribution in [0.5, 0.6) is 6.01 Å². The van der Waals surface area contributed by atoms with E-state index in [1.807, 2.05) is 0 Å². The molecular formula is C13H11FN6O2S. The molecular weight excluding hydrogens is 323 g/mol. The summed E-state index contributed by atoms with van der Waals surface area (Å²) in [4.78, 5) is 16.0. The van der Waals surface area contributed by atoms with Gasteiger partial charge in [0.1, 0.15) is 5.82 Å². The lowest BCUT2D eigenvalue weighted by Crippen LogP contribution is -2.14. The van der Waals surface area contributed by atoms with Crippen molar-refractivity contribution in [3.63, 3.8) is 0 Å². The molecule has 3 rings (SSSR count). The standard InChI is InChI=1S/C13H11FN6O2S/c1-20-13(22-2)15-9(19-20)10(21)16-12-18-17-11(23-12)7-5-3-4-6-8(7)14/h3-6H,1-2H3,(H,16,18,21). The Balaban J connectivity index is 1.79. The van der Waals surface area contributed by atoms with Crippen molar-refractivity contribution >= 4 is 22.4 Å². The Morgan fingerprint density at radius 1 is 1.35 bits per heavy atom. The van der Waals surface area contributed by atoms with Crippen molar-refractivity contribution in [1.82, 2.24) is 25.0 Å². The molecule has 0 aliphatic rings. The van der Waals surface area contributed by atoms with Crippen molar-refractivity contribution in [2.24, 2.45) is 7.05 Å². The van der Waals surface area contributed by atoms with Crippen molar-refractivity contribution in [3.8, 4) is 16.6 Å². The Morgan fingerprint density at radius 2 is 2.13 bits per heavy atom. The molecule has 2 heterocycles. The predicted molar refractivity (Wildman–Crippen MR) is 80.8 cm³/mol. The molecule has 23 heavy (non-hydrogen) atoms. The molecule has 8 nitrogen and oxygen atoms in total. The molecule has 0 aliphatic carbocycles. The zero-order chi connectivity index (χ0) is 16.4. The first-order valence-corrected chi connectivity index (χ1v) is 7.25. The maximum Gasteiger partial charge on any atom is 0.314 e. The van der Waals surface area contributed by atoms with E-state index >= 15 is 0 Å². The second kappa shape index (κ2) is 6.08. The van der Waals surface area contributed by atoms with Crippen LogP contribution in [0.15, 0.2) is 24.3 Å². The number of halogens is 1. The molecule has 0 spiro atoms. The van der Waals surface area contributed by atoms with Crippen LogP contribution in [-0.2, 0) is 7.05 Å². The highest BCUT2D eigenvalue weighted by atomic mass is 32.1. The molecule has 0 unspecified atom stereocenters. The molecule has 0 saturated heterocycles. The van der Waals surface area contributed by atoms with Gasteiger partial charge in [-0.05, 0) is 12.1 Å². The van der Waals surface area contributed by atoms with Crippen molar-refractivity contribution in [2.75, 3.05) is 12.4 Å². The molecule has 0 radical (unpaired) electrons. The van der Waals surface area contributed by atoms with Crippen LogP contribution in [0.4, 0.5) is 9.52 Å². The number of benzene rings is 1. The quantitative estimate of drug-likeness (QED) is 0.781. The molecule has 0 atom stereocenters. The predicted octanol–water partition coefficient (Wildman–Crippen LogP) is 1.73.